The number of nitrogens with zero attached hydrogens (tertiary/aromatic N) is 3. The van der Waals surface area contributed by atoms with Crippen molar-refractivity contribution in [1.82, 2.24) is 15.5 Å². The van der Waals surface area contributed by atoms with Crippen molar-refractivity contribution in [2.24, 2.45) is 5.73 Å². The van der Waals surface area contributed by atoms with E-state index in [1.807, 2.05) is 0 Å². The van der Waals surface area contributed by atoms with Crippen molar-refractivity contribution in [3.63, 3.8) is 0 Å². The fraction of sp³-hybridized carbons (Fsp3) is 0.304. The van der Waals surface area contributed by atoms with Crippen molar-refractivity contribution < 1.29 is 45.2 Å². The van der Waals surface area contributed by atoms with Gasteiger partial charge in [-0.1, -0.05) is 28.9 Å². The molecule has 17 heteroatoms. The zero-order valence-corrected chi connectivity index (χ0v) is 21.9. The van der Waals surface area contributed by atoms with Crippen LogP contribution < -0.4 is 16.0 Å². The first-order valence-corrected chi connectivity index (χ1v) is 13.3. The van der Waals surface area contributed by atoms with Crippen molar-refractivity contribution in [2.45, 2.75) is 36.2 Å². The second-order valence-electron chi connectivity index (χ2n) is 9.12. The number of fused-ring (bicyclic) bond motifs is 1. The van der Waals surface area contributed by atoms with Crippen LogP contribution in [-0.4, -0.2) is 65.6 Å². The maximum absolute atomic E-state index is 15.2. The third kappa shape index (κ3) is 5.79. The number of hydrogen-bond donors (Lipinski definition) is 3. The molecule has 0 aliphatic carbocycles. The smallest absolute Gasteiger partial charge is 0.379 e. The normalized spacial score (nSPS) is 18.6. The van der Waals surface area contributed by atoms with E-state index in [9.17, 15) is 36.3 Å². The van der Waals surface area contributed by atoms with E-state index < -0.39 is 79.8 Å². The maximum Gasteiger partial charge on any atom is 0.418 e. The van der Waals surface area contributed by atoms with Gasteiger partial charge >= 0.3 is 18.0 Å². The lowest BCUT2D eigenvalue weighted by atomic mass is 10.1. The molecule has 1 aromatic heterocycles. The van der Waals surface area contributed by atoms with Gasteiger partial charge in [0.05, 0.1) is 41.0 Å². The van der Waals surface area contributed by atoms with Crippen molar-refractivity contribution in [3.8, 4) is 11.4 Å². The molecule has 1 aliphatic rings. The number of nitrogens with two attached hydrogens (primary N) is 1. The average molecular weight is 606 g/mol. The lowest BCUT2D eigenvalue weighted by Crippen LogP contribution is -2.51. The van der Waals surface area contributed by atoms with Crippen molar-refractivity contribution in [1.29, 1.82) is 0 Å². The largest absolute Gasteiger partial charge is 0.418 e. The lowest BCUT2D eigenvalue weighted by Gasteiger charge is -2.25. The minimum atomic E-state index is -5.05. The second kappa shape index (κ2) is 10.4. The molecule has 1 aliphatic heterocycles. The topological polar surface area (TPSA) is 169 Å². The molecule has 2 heterocycles. The Bertz CT molecular complexity index is 1580. The number of alkyl halides is 3. The molecule has 2 aromatic carbocycles. The van der Waals surface area contributed by atoms with Crippen LogP contribution in [0.4, 0.5) is 23.2 Å². The summed E-state index contributed by atoms with van der Waals surface area (Å²) in [4.78, 5) is 29.6. The van der Waals surface area contributed by atoms with Crippen molar-refractivity contribution in [3.05, 3.63) is 58.7 Å². The molecule has 40 heavy (non-hydrogen) atoms. The number of hydrogen-bond acceptors (Lipinski definition) is 9. The average Bonchev–Trinajstić information content (AvgIpc) is 3.33. The van der Waals surface area contributed by atoms with Gasteiger partial charge in [-0.2, -0.15) is 18.2 Å². The van der Waals surface area contributed by atoms with E-state index in [1.54, 1.807) is 29.6 Å². The summed E-state index contributed by atoms with van der Waals surface area (Å²) >= 11 is 5.91. The number of sulfone groups is 1. The van der Waals surface area contributed by atoms with Crippen LogP contribution in [0, 0.1) is 5.82 Å². The molecule has 0 fully saturated rings. The molecule has 0 radical (unpaired) electrons. The van der Waals surface area contributed by atoms with Gasteiger partial charge in [0, 0.05) is 5.02 Å². The molecular formula is C23H20ClF4N5O6S. The summed E-state index contributed by atoms with van der Waals surface area (Å²) in [6.07, 6.45) is -5.05. The summed E-state index contributed by atoms with van der Waals surface area (Å²) in [6, 6.07) is 6.42. The van der Waals surface area contributed by atoms with E-state index in [0.717, 1.165) is 11.0 Å². The zero-order chi connectivity index (χ0) is 29.6. The van der Waals surface area contributed by atoms with Crippen LogP contribution in [0.2, 0.25) is 5.02 Å². The van der Waals surface area contributed by atoms with Gasteiger partial charge < -0.3 is 25.6 Å². The second-order valence-corrected chi connectivity index (χ2v) is 11.6. The van der Waals surface area contributed by atoms with E-state index in [2.05, 4.69) is 10.1 Å². The third-order valence-corrected chi connectivity index (χ3v) is 8.02. The number of amides is 2. The van der Waals surface area contributed by atoms with Gasteiger partial charge in [-0.25, -0.2) is 12.8 Å². The zero-order valence-electron chi connectivity index (χ0n) is 20.4. The van der Waals surface area contributed by atoms with Gasteiger partial charge in [-0.15, -0.1) is 0 Å². The van der Waals surface area contributed by atoms with Crippen LogP contribution >= 0.6 is 11.6 Å². The van der Waals surface area contributed by atoms with Gasteiger partial charge in [0.1, 0.15) is 5.82 Å². The van der Waals surface area contributed by atoms with Gasteiger partial charge in [0.2, 0.25) is 11.7 Å². The molecular weight excluding hydrogens is 586 g/mol. The number of halogens is 5. The highest BCUT2D eigenvalue weighted by Crippen LogP contribution is 2.36. The summed E-state index contributed by atoms with van der Waals surface area (Å²) in [7, 11) is -4.25. The van der Waals surface area contributed by atoms with Gasteiger partial charge in [0.15, 0.2) is 15.4 Å². The predicted octanol–water partition coefficient (Wildman–Crippen LogP) is 2.22. The summed E-state index contributed by atoms with van der Waals surface area (Å²) in [5.41, 5.74) is 2.40. The Labute approximate surface area is 228 Å². The minimum Gasteiger partial charge on any atom is -0.379 e. The number of aromatic nitrogens is 2. The van der Waals surface area contributed by atoms with E-state index >= 15 is 4.39 Å². The molecule has 3 aromatic rings. The monoisotopic (exact) mass is 605 g/mol. The Balaban J connectivity index is 1.72. The SMILES string of the molecule is CC(O)(CNC(=O)c1nc(-c2cc3c(cc2F)S(=O)(=O)C[C@H](N)C(=O)N3Cc2ccc(Cl)cc2)no1)C(F)(F)F. The molecule has 2 atom stereocenters. The Hall–Kier alpha value is -3.60. The number of anilines is 1. The number of aliphatic hydroxyl groups is 1. The maximum atomic E-state index is 15.2. The third-order valence-electron chi connectivity index (χ3n) is 5.98. The first-order valence-electron chi connectivity index (χ1n) is 11.3. The van der Waals surface area contributed by atoms with Gasteiger partial charge in [-0.05, 0) is 36.8 Å². The Morgan fingerprint density at radius 3 is 2.55 bits per heavy atom. The van der Waals surface area contributed by atoms with Crippen LogP contribution in [0.3, 0.4) is 0 Å². The Kier molecular flexibility index (Phi) is 7.66. The molecule has 2 amide bonds. The van der Waals surface area contributed by atoms with Crippen LogP contribution in [-0.2, 0) is 21.2 Å². The Morgan fingerprint density at radius 1 is 1.27 bits per heavy atom. The number of rotatable bonds is 6. The molecule has 0 saturated heterocycles. The fourth-order valence-corrected chi connectivity index (χ4v) is 5.37. The number of benzene rings is 2. The Morgan fingerprint density at radius 2 is 1.93 bits per heavy atom. The summed E-state index contributed by atoms with van der Waals surface area (Å²) < 4.78 is 84.4. The van der Waals surface area contributed by atoms with E-state index in [-0.39, 0.29) is 12.2 Å². The lowest BCUT2D eigenvalue weighted by molar-refractivity contribution is -0.249. The number of carbonyl (C=O) groups excluding carboxylic acids is 2. The van der Waals surface area contributed by atoms with Crippen molar-refractivity contribution >= 4 is 38.9 Å². The summed E-state index contributed by atoms with van der Waals surface area (Å²) in [5.74, 6) is -5.47. The van der Waals surface area contributed by atoms with Gasteiger partial charge in [0.25, 0.3) is 0 Å². The van der Waals surface area contributed by atoms with Crippen molar-refractivity contribution in [2.75, 3.05) is 17.2 Å². The first kappa shape index (κ1) is 29.4. The van der Waals surface area contributed by atoms with E-state index in [0.29, 0.717) is 23.6 Å². The molecule has 0 bridgehead atoms. The highest BCUT2D eigenvalue weighted by atomic mass is 35.5. The standard InChI is InChI=1S/C23H20ClF4N5O6S/c1-22(36,23(26,27)28)10-30-19(34)20-31-18(32-39-20)13-6-16-17(7-14(13)25)40(37,38)9-15(29)21(35)33(16)8-11-2-4-12(24)5-3-11/h2-7,15,36H,8-10,29H2,1H3,(H,30,34)/t15-,22?/m0/s1. The highest BCUT2D eigenvalue weighted by molar-refractivity contribution is 7.91. The molecule has 214 valence electrons. The van der Waals surface area contributed by atoms with Crippen LogP contribution in [0.1, 0.15) is 23.2 Å². The number of carbonyl (C=O) groups is 2. The van der Waals surface area contributed by atoms with Crippen LogP contribution in [0.25, 0.3) is 11.4 Å². The molecule has 11 nitrogen and oxygen atoms in total. The number of nitrogens with one attached hydrogen (secondary N) is 1. The van der Waals surface area contributed by atoms with E-state index in [1.165, 1.54) is 0 Å². The fourth-order valence-electron chi connectivity index (χ4n) is 3.68. The van der Waals surface area contributed by atoms with E-state index in [4.69, 9.17) is 21.9 Å². The molecule has 4 rings (SSSR count). The minimum absolute atomic E-state index is 0.170. The van der Waals surface area contributed by atoms with Crippen LogP contribution in [0.15, 0.2) is 45.8 Å². The first-order chi connectivity index (χ1) is 18.5. The molecule has 4 N–H and O–H groups in total. The molecule has 0 spiro atoms. The van der Waals surface area contributed by atoms with Crippen LogP contribution in [0.5, 0.6) is 0 Å². The molecule has 0 saturated carbocycles. The quantitative estimate of drug-likeness (QED) is 0.357. The summed E-state index contributed by atoms with van der Waals surface area (Å²) in [6.45, 7) is -0.981. The highest BCUT2D eigenvalue weighted by Gasteiger charge is 2.50. The predicted molar refractivity (Wildman–Crippen MR) is 131 cm³/mol. The summed E-state index contributed by atoms with van der Waals surface area (Å²) in [5, 5.41) is 15.1. The molecule has 1 unspecified atom stereocenters. The van der Waals surface area contributed by atoms with Gasteiger partial charge in [-0.3, -0.25) is 9.59 Å².